The number of nitro groups is 1. The summed E-state index contributed by atoms with van der Waals surface area (Å²) in [7, 11) is 0. The van der Waals surface area contributed by atoms with Gasteiger partial charge in [0.15, 0.2) is 0 Å². The standard InChI is InChI=1S/C16H14N6O3/c1-11-19-14(22(24)25)8-21(11)9-15(23)20-13-7-17-10-18-16(13)12-5-3-2-4-6-12/h2-8,10H,9H2,1H3,(H,20,23). The molecule has 3 rings (SSSR count). The van der Waals surface area contributed by atoms with Gasteiger partial charge in [0.2, 0.25) is 11.7 Å². The van der Waals surface area contributed by atoms with Crippen LogP contribution < -0.4 is 5.32 Å². The van der Waals surface area contributed by atoms with Crippen LogP contribution in [0.3, 0.4) is 0 Å². The number of carbonyl (C=O) groups excluding carboxylic acids is 1. The minimum absolute atomic E-state index is 0.101. The van der Waals surface area contributed by atoms with Crippen molar-refractivity contribution in [2.24, 2.45) is 0 Å². The molecule has 9 heteroatoms. The largest absolute Gasteiger partial charge is 0.381 e. The number of nitrogens with zero attached hydrogens (tertiary/aromatic N) is 5. The first-order valence-corrected chi connectivity index (χ1v) is 7.38. The molecule has 9 nitrogen and oxygen atoms in total. The summed E-state index contributed by atoms with van der Waals surface area (Å²) in [5, 5.41) is 13.5. The van der Waals surface area contributed by atoms with E-state index >= 15 is 0 Å². The zero-order valence-electron chi connectivity index (χ0n) is 13.3. The number of imidazole rings is 1. The molecular weight excluding hydrogens is 324 g/mol. The quantitative estimate of drug-likeness (QED) is 0.563. The van der Waals surface area contributed by atoms with Gasteiger partial charge < -0.3 is 15.4 Å². The summed E-state index contributed by atoms with van der Waals surface area (Å²) in [6.07, 6.45) is 4.15. The SMILES string of the molecule is Cc1nc([N+](=O)[O-])cn1CC(=O)Nc1cncnc1-c1ccccc1. The van der Waals surface area contributed by atoms with Gasteiger partial charge in [0, 0.05) is 12.5 Å². The van der Waals surface area contributed by atoms with E-state index in [4.69, 9.17) is 0 Å². The zero-order chi connectivity index (χ0) is 17.8. The average Bonchev–Trinajstić information content (AvgIpc) is 2.97. The van der Waals surface area contributed by atoms with Crippen LogP contribution in [0, 0.1) is 17.0 Å². The number of amides is 1. The number of hydrogen-bond donors (Lipinski definition) is 1. The summed E-state index contributed by atoms with van der Waals surface area (Å²) >= 11 is 0. The summed E-state index contributed by atoms with van der Waals surface area (Å²) in [5.74, 6) is -0.268. The number of rotatable bonds is 5. The molecule has 1 aromatic carbocycles. The van der Waals surface area contributed by atoms with Gasteiger partial charge in [-0.25, -0.2) is 9.97 Å². The van der Waals surface area contributed by atoms with E-state index in [0.29, 0.717) is 17.2 Å². The Balaban J connectivity index is 1.79. The third kappa shape index (κ3) is 3.66. The number of nitrogens with one attached hydrogen (secondary N) is 1. The Morgan fingerprint density at radius 1 is 1.32 bits per heavy atom. The predicted octanol–water partition coefficient (Wildman–Crippen LogP) is 2.20. The van der Waals surface area contributed by atoms with Crippen LogP contribution in [0.2, 0.25) is 0 Å². The first-order chi connectivity index (χ1) is 12.0. The van der Waals surface area contributed by atoms with Crippen molar-refractivity contribution in [3.63, 3.8) is 0 Å². The minimum atomic E-state index is -0.597. The van der Waals surface area contributed by atoms with Crippen molar-refractivity contribution in [3.05, 3.63) is 65.0 Å². The van der Waals surface area contributed by atoms with E-state index in [1.807, 2.05) is 30.3 Å². The number of carbonyl (C=O) groups is 1. The van der Waals surface area contributed by atoms with E-state index in [2.05, 4.69) is 20.3 Å². The summed E-state index contributed by atoms with van der Waals surface area (Å²) in [6.45, 7) is 1.50. The van der Waals surface area contributed by atoms with E-state index < -0.39 is 4.92 Å². The average molecular weight is 338 g/mol. The van der Waals surface area contributed by atoms with Gasteiger partial charge in [0.05, 0.1) is 17.6 Å². The maximum absolute atomic E-state index is 12.3. The van der Waals surface area contributed by atoms with Crippen molar-refractivity contribution < 1.29 is 9.72 Å². The van der Waals surface area contributed by atoms with Crippen molar-refractivity contribution in [2.75, 3.05) is 5.32 Å². The van der Waals surface area contributed by atoms with E-state index in [-0.39, 0.29) is 18.3 Å². The molecule has 3 aromatic rings. The highest BCUT2D eigenvalue weighted by atomic mass is 16.6. The van der Waals surface area contributed by atoms with Crippen LogP contribution in [-0.2, 0) is 11.3 Å². The van der Waals surface area contributed by atoms with Crippen LogP contribution >= 0.6 is 0 Å². The lowest BCUT2D eigenvalue weighted by atomic mass is 10.1. The number of aryl methyl sites for hydroxylation is 1. The number of aromatic nitrogens is 4. The van der Waals surface area contributed by atoms with Crippen LogP contribution in [0.15, 0.2) is 49.1 Å². The molecule has 2 aromatic heterocycles. The Morgan fingerprint density at radius 3 is 2.76 bits per heavy atom. The maximum Gasteiger partial charge on any atom is 0.381 e. The van der Waals surface area contributed by atoms with Gasteiger partial charge in [-0.2, -0.15) is 0 Å². The fourth-order valence-electron chi connectivity index (χ4n) is 2.33. The van der Waals surface area contributed by atoms with Gasteiger partial charge in [0.25, 0.3) is 0 Å². The molecule has 0 radical (unpaired) electrons. The monoisotopic (exact) mass is 338 g/mol. The second-order valence-electron chi connectivity index (χ2n) is 5.23. The molecule has 0 fully saturated rings. The molecule has 0 atom stereocenters. The Kier molecular flexibility index (Phi) is 4.46. The van der Waals surface area contributed by atoms with Crippen LogP contribution in [0.25, 0.3) is 11.3 Å². The molecule has 126 valence electrons. The Morgan fingerprint density at radius 2 is 2.08 bits per heavy atom. The smallest absolute Gasteiger partial charge is 0.358 e. The lowest BCUT2D eigenvalue weighted by molar-refractivity contribution is -0.389. The molecule has 0 unspecified atom stereocenters. The lowest BCUT2D eigenvalue weighted by Crippen LogP contribution is -2.19. The maximum atomic E-state index is 12.3. The van der Waals surface area contributed by atoms with Gasteiger partial charge in [-0.1, -0.05) is 30.3 Å². The second-order valence-corrected chi connectivity index (χ2v) is 5.23. The topological polar surface area (TPSA) is 116 Å². The molecule has 0 bridgehead atoms. The van der Waals surface area contributed by atoms with Crippen molar-refractivity contribution in [2.45, 2.75) is 13.5 Å². The molecule has 0 aliphatic rings. The minimum Gasteiger partial charge on any atom is -0.358 e. The Hall–Kier alpha value is -3.62. The highest BCUT2D eigenvalue weighted by Crippen LogP contribution is 2.24. The molecule has 1 N–H and O–H groups in total. The lowest BCUT2D eigenvalue weighted by Gasteiger charge is -2.10. The molecule has 0 spiro atoms. The van der Waals surface area contributed by atoms with Gasteiger partial charge in [0.1, 0.15) is 19.1 Å². The molecule has 2 heterocycles. The summed E-state index contributed by atoms with van der Waals surface area (Å²) in [5.41, 5.74) is 1.90. The summed E-state index contributed by atoms with van der Waals surface area (Å²) in [4.78, 5) is 34.4. The fourth-order valence-corrected chi connectivity index (χ4v) is 2.33. The molecule has 25 heavy (non-hydrogen) atoms. The van der Waals surface area contributed by atoms with Crippen molar-refractivity contribution in [1.82, 2.24) is 19.5 Å². The third-order valence-corrected chi connectivity index (χ3v) is 3.50. The highest BCUT2D eigenvalue weighted by Gasteiger charge is 2.17. The molecule has 0 saturated carbocycles. The predicted molar refractivity (Wildman–Crippen MR) is 89.7 cm³/mol. The normalized spacial score (nSPS) is 10.4. The fraction of sp³-hybridized carbons (Fsp3) is 0.125. The molecule has 1 amide bonds. The van der Waals surface area contributed by atoms with Gasteiger partial charge >= 0.3 is 5.82 Å². The molecule has 0 aliphatic carbocycles. The number of hydrogen-bond acceptors (Lipinski definition) is 6. The zero-order valence-corrected chi connectivity index (χ0v) is 13.3. The van der Waals surface area contributed by atoms with E-state index in [9.17, 15) is 14.9 Å². The van der Waals surface area contributed by atoms with E-state index in [1.54, 1.807) is 6.92 Å². The highest BCUT2D eigenvalue weighted by molar-refractivity contribution is 5.94. The van der Waals surface area contributed by atoms with Crippen LogP contribution in [0.5, 0.6) is 0 Å². The molecular formula is C16H14N6O3. The van der Waals surface area contributed by atoms with Crippen LogP contribution in [0.1, 0.15) is 5.82 Å². The third-order valence-electron chi connectivity index (χ3n) is 3.50. The first kappa shape index (κ1) is 16.2. The number of benzene rings is 1. The van der Waals surface area contributed by atoms with Gasteiger partial charge in [-0.05, 0) is 9.91 Å². The number of anilines is 1. The van der Waals surface area contributed by atoms with Crippen molar-refractivity contribution >= 4 is 17.4 Å². The molecule has 0 aliphatic heterocycles. The second kappa shape index (κ2) is 6.87. The summed E-state index contributed by atoms with van der Waals surface area (Å²) in [6, 6.07) is 9.38. The van der Waals surface area contributed by atoms with E-state index in [1.165, 1.54) is 23.3 Å². The Bertz CT molecular complexity index is 923. The molecule has 0 saturated heterocycles. The van der Waals surface area contributed by atoms with Gasteiger partial charge in [-0.3, -0.25) is 9.36 Å². The summed E-state index contributed by atoms with van der Waals surface area (Å²) < 4.78 is 1.42. The van der Waals surface area contributed by atoms with Crippen LogP contribution in [0.4, 0.5) is 11.5 Å². The Labute approximate surface area is 142 Å². The van der Waals surface area contributed by atoms with Crippen molar-refractivity contribution in [3.8, 4) is 11.3 Å². The van der Waals surface area contributed by atoms with Crippen molar-refractivity contribution in [1.29, 1.82) is 0 Å². The van der Waals surface area contributed by atoms with Crippen LogP contribution in [-0.4, -0.2) is 30.3 Å². The first-order valence-electron chi connectivity index (χ1n) is 7.38. The van der Waals surface area contributed by atoms with Gasteiger partial charge in [-0.15, -0.1) is 0 Å². The van der Waals surface area contributed by atoms with E-state index in [0.717, 1.165) is 5.56 Å².